The first-order valence-corrected chi connectivity index (χ1v) is 8.14. The molecule has 2 heterocycles. The standard InChI is InChI=1S/C17H23N5/c1-12(2)16(19-14-7-5-6-13(10-14)11-18)17-21-20-15-8-3-4-9-22(15)17/h3-4,8-9,12-14,16,19H,5-7,10H2,1-2H3/t13-,14-,16+/m1/s1. The fourth-order valence-corrected chi connectivity index (χ4v) is 3.35. The van der Waals surface area contributed by atoms with Crippen LogP contribution in [0.1, 0.15) is 51.4 Å². The molecular formula is C17H23N5. The summed E-state index contributed by atoms with van der Waals surface area (Å²) in [6, 6.07) is 8.92. The number of nitrogens with one attached hydrogen (secondary N) is 1. The van der Waals surface area contributed by atoms with Gasteiger partial charge in [0.15, 0.2) is 11.5 Å². The van der Waals surface area contributed by atoms with Gasteiger partial charge in [-0.2, -0.15) is 5.26 Å². The Hall–Kier alpha value is -1.93. The predicted octanol–water partition coefficient (Wildman–Crippen LogP) is 3.10. The third-order valence-electron chi connectivity index (χ3n) is 4.56. The van der Waals surface area contributed by atoms with Crippen LogP contribution in [0.25, 0.3) is 5.65 Å². The molecule has 22 heavy (non-hydrogen) atoms. The van der Waals surface area contributed by atoms with Crippen molar-refractivity contribution in [1.29, 1.82) is 5.26 Å². The lowest BCUT2D eigenvalue weighted by atomic mass is 9.85. The van der Waals surface area contributed by atoms with Crippen LogP contribution in [0.5, 0.6) is 0 Å². The molecule has 1 N–H and O–H groups in total. The second-order valence-electron chi connectivity index (χ2n) is 6.56. The van der Waals surface area contributed by atoms with Crippen LogP contribution in [0.2, 0.25) is 0 Å². The van der Waals surface area contributed by atoms with Gasteiger partial charge in [0.25, 0.3) is 0 Å². The van der Waals surface area contributed by atoms with Crippen molar-refractivity contribution in [2.75, 3.05) is 0 Å². The van der Waals surface area contributed by atoms with E-state index in [4.69, 9.17) is 0 Å². The Morgan fingerprint density at radius 1 is 1.32 bits per heavy atom. The minimum Gasteiger partial charge on any atom is -0.304 e. The van der Waals surface area contributed by atoms with Gasteiger partial charge in [-0.15, -0.1) is 10.2 Å². The van der Waals surface area contributed by atoms with Crippen molar-refractivity contribution in [2.24, 2.45) is 11.8 Å². The van der Waals surface area contributed by atoms with E-state index in [2.05, 4.69) is 39.8 Å². The summed E-state index contributed by atoms with van der Waals surface area (Å²) in [6.07, 6.45) is 6.26. The highest BCUT2D eigenvalue weighted by molar-refractivity contribution is 5.37. The van der Waals surface area contributed by atoms with Crippen molar-refractivity contribution >= 4 is 5.65 Å². The summed E-state index contributed by atoms with van der Waals surface area (Å²) >= 11 is 0. The largest absolute Gasteiger partial charge is 0.304 e. The van der Waals surface area contributed by atoms with E-state index >= 15 is 0 Å². The van der Waals surface area contributed by atoms with Gasteiger partial charge in [0.1, 0.15) is 0 Å². The van der Waals surface area contributed by atoms with Gasteiger partial charge in [-0.05, 0) is 37.3 Å². The van der Waals surface area contributed by atoms with E-state index in [1.807, 2.05) is 24.4 Å². The van der Waals surface area contributed by atoms with E-state index in [9.17, 15) is 5.26 Å². The van der Waals surface area contributed by atoms with Crippen LogP contribution in [-0.2, 0) is 0 Å². The minimum absolute atomic E-state index is 0.153. The van der Waals surface area contributed by atoms with Gasteiger partial charge in [0, 0.05) is 18.2 Å². The van der Waals surface area contributed by atoms with Gasteiger partial charge in [-0.1, -0.05) is 26.3 Å². The first kappa shape index (κ1) is 15.0. The first-order valence-electron chi connectivity index (χ1n) is 8.14. The van der Waals surface area contributed by atoms with Crippen molar-refractivity contribution in [1.82, 2.24) is 19.9 Å². The lowest BCUT2D eigenvalue weighted by molar-refractivity contribution is 0.268. The molecule has 2 aromatic rings. The van der Waals surface area contributed by atoms with Crippen LogP contribution in [0, 0.1) is 23.2 Å². The fourth-order valence-electron chi connectivity index (χ4n) is 3.35. The van der Waals surface area contributed by atoms with E-state index in [0.717, 1.165) is 37.2 Å². The molecular weight excluding hydrogens is 274 g/mol. The molecule has 5 heteroatoms. The molecule has 0 aromatic carbocycles. The molecule has 5 nitrogen and oxygen atoms in total. The van der Waals surface area contributed by atoms with Gasteiger partial charge in [-0.3, -0.25) is 4.40 Å². The Bertz CT molecular complexity index is 669. The zero-order valence-corrected chi connectivity index (χ0v) is 13.2. The van der Waals surface area contributed by atoms with Crippen molar-refractivity contribution < 1.29 is 0 Å². The summed E-state index contributed by atoms with van der Waals surface area (Å²) in [5, 5.41) is 21.6. The second kappa shape index (κ2) is 6.45. The van der Waals surface area contributed by atoms with Crippen molar-refractivity contribution in [3.8, 4) is 6.07 Å². The molecule has 116 valence electrons. The third-order valence-corrected chi connectivity index (χ3v) is 4.56. The average Bonchev–Trinajstić information content (AvgIpc) is 2.96. The van der Waals surface area contributed by atoms with E-state index in [1.54, 1.807) is 0 Å². The molecule has 0 bridgehead atoms. The Morgan fingerprint density at radius 2 is 2.18 bits per heavy atom. The summed E-state index contributed by atoms with van der Waals surface area (Å²) in [4.78, 5) is 0. The molecule has 0 aliphatic heterocycles. The number of hydrogen-bond acceptors (Lipinski definition) is 4. The number of fused-ring (bicyclic) bond motifs is 1. The zero-order chi connectivity index (χ0) is 15.5. The number of rotatable bonds is 4. The number of nitriles is 1. The number of nitrogens with zero attached hydrogens (tertiary/aromatic N) is 4. The normalized spacial score (nSPS) is 23.5. The van der Waals surface area contributed by atoms with Crippen LogP contribution in [0.3, 0.4) is 0 Å². The number of hydrogen-bond donors (Lipinski definition) is 1. The topological polar surface area (TPSA) is 66.0 Å². The molecule has 1 aliphatic rings. The molecule has 3 atom stereocenters. The van der Waals surface area contributed by atoms with Gasteiger partial charge in [0.05, 0.1) is 12.1 Å². The number of aromatic nitrogens is 3. The highest BCUT2D eigenvalue weighted by Crippen LogP contribution is 2.28. The maximum Gasteiger partial charge on any atom is 0.160 e. The Balaban J connectivity index is 1.83. The minimum atomic E-state index is 0.153. The second-order valence-corrected chi connectivity index (χ2v) is 6.56. The van der Waals surface area contributed by atoms with E-state index < -0.39 is 0 Å². The summed E-state index contributed by atoms with van der Waals surface area (Å²) in [6.45, 7) is 4.40. The van der Waals surface area contributed by atoms with E-state index in [0.29, 0.717) is 12.0 Å². The molecule has 1 saturated carbocycles. The maximum absolute atomic E-state index is 9.17. The fraction of sp³-hybridized carbons (Fsp3) is 0.588. The summed E-state index contributed by atoms with van der Waals surface area (Å²) in [5.74, 6) is 1.56. The van der Waals surface area contributed by atoms with Crippen LogP contribution in [0.15, 0.2) is 24.4 Å². The quantitative estimate of drug-likeness (QED) is 0.941. The Kier molecular flexibility index (Phi) is 4.39. The molecule has 1 fully saturated rings. The first-order chi connectivity index (χ1) is 10.7. The van der Waals surface area contributed by atoms with Crippen LogP contribution >= 0.6 is 0 Å². The average molecular weight is 297 g/mol. The van der Waals surface area contributed by atoms with E-state index in [-0.39, 0.29) is 12.0 Å². The molecule has 0 amide bonds. The summed E-state index contributed by atoms with van der Waals surface area (Å²) in [5.41, 5.74) is 0.878. The molecule has 0 spiro atoms. The molecule has 0 unspecified atom stereocenters. The molecule has 1 aliphatic carbocycles. The monoisotopic (exact) mass is 297 g/mol. The van der Waals surface area contributed by atoms with Gasteiger partial charge < -0.3 is 5.32 Å². The summed E-state index contributed by atoms with van der Waals surface area (Å²) in [7, 11) is 0. The van der Waals surface area contributed by atoms with Crippen LogP contribution < -0.4 is 5.32 Å². The molecule has 0 saturated heterocycles. The smallest absolute Gasteiger partial charge is 0.160 e. The van der Waals surface area contributed by atoms with Crippen LogP contribution in [0.4, 0.5) is 0 Å². The lowest BCUT2D eigenvalue weighted by Gasteiger charge is -2.31. The van der Waals surface area contributed by atoms with Gasteiger partial charge in [0.2, 0.25) is 0 Å². The van der Waals surface area contributed by atoms with Crippen molar-refractivity contribution in [3.63, 3.8) is 0 Å². The van der Waals surface area contributed by atoms with Crippen molar-refractivity contribution in [2.45, 2.75) is 51.6 Å². The third kappa shape index (κ3) is 2.97. The molecule has 3 rings (SSSR count). The highest BCUT2D eigenvalue weighted by atomic mass is 15.3. The molecule has 0 radical (unpaired) electrons. The molecule has 2 aromatic heterocycles. The van der Waals surface area contributed by atoms with Crippen LogP contribution in [-0.4, -0.2) is 20.6 Å². The van der Waals surface area contributed by atoms with E-state index in [1.165, 1.54) is 0 Å². The maximum atomic E-state index is 9.17. The van der Waals surface area contributed by atoms with Gasteiger partial charge >= 0.3 is 0 Å². The SMILES string of the molecule is CC(C)[C@H](N[C@@H]1CCC[C@@H](C#N)C1)c1nnc2ccccn12. The zero-order valence-electron chi connectivity index (χ0n) is 13.2. The Labute approximate surface area is 131 Å². The van der Waals surface area contributed by atoms with Crippen molar-refractivity contribution in [3.05, 3.63) is 30.2 Å². The highest BCUT2D eigenvalue weighted by Gasteiger charge is 2.28. The van der Waals surface area contributed by atoms with Gasteiger partial charge in [-0.25, -0.2) is 0 Å². The lowest BCUT2D eigenvalue weighted by Crippen LogP contribution is -2.39. The predicted molar refractivity (Wildman–Crippen MR) is 85.1 cm³/mol. The number of pyridine rings is 1. The Morgan fingerprint density at radius 3 is 2.95 bits per heavy atom. The summed E-state index contributed by atoms with van der Waals surface area (Å²) < 4.78 is 2.06.